The molecule has 0 radical (unpaired) electrons. The van der Waals surface area contributed by atoms with Crippen molar-refractivity contribution in [3.63, 3.8) is 0 Å². The fraction of sp³-hybridized carbons (Fsp3) is 0.455. The predicted octanol–water partition coefficient (Wildman–Crippen LogP) is 1.82. The molecule has 0 atom stereocenters. The molecule has 0 aliphatic heterocycles. The monoisotopic (exact) mass is 260 g/mol. The van der Waals surface area contributed by atoms with Gasteiger partial charge in [0, 0.05) is 6.07 Å². The number of hydrogen-bond acceptors (Lipinski definition) is 5. The zero-order valence-corrected chi connectivity index (χ0v) is 11.1. The van der Waals surface area contributed by atoms with Crippen molar-refractivity contribution in [3.05, 3.63) is 18.2 Å². The third-order valence-corrected chi connectivity index (χ3v) is 3.46. The van der Waals surface area contributed by atoms with Gasteiger partial charge in [-0.1, -0.05) is 0 Å². The van der Waals surface area contributed by atoms with Crippen LogP contribution in [0.5, 0.6) is 11.5 Å². The number of benzene rings is 1. The Balaban J connectivity index is 3.27. The van der Waals surface area contributed by atoms with Crippen molar-refractivity contribution in [3.8, 4) is 11.5 Å². The Morgan fingerprint density at radius 2 is 1.76 bits per heavy atom. The minimum atomic E-state index is -3.84. The first-order chi connectivity index (χ1) is 7.90. The van der Waals surface area contributed by atoms with E-state index in [1.807, 2.05) is 0 Å². The minimum absolute atomic E-state index is 0.0342. The third kappa shape index (κ3) is 3.34. The highest BCUT2D eigenvalue weighted by atomic mass is 32.2. The Morgan fingerprint density at radius 1 is 1.12 bits per heavy atom. The van der Waals surface area contributed by atoms with Crippen LogP contribution in [0, 0.1) is 0 Å². The molecule has 0 saturated carbocycles. The van der Waals surface area contributed by atoms with Gasteiger partial charge in [0.25, 0.3) is 0 Å². The van der Waals surface area contributed by atoms with Crippen LogP contribution in [0.1, 0.15) is 13.8 Å². The molecule has 0 amide bonds. The van der Waals surface area contributed by atoms with Gasteiger partial charge in [0.15, 0.2) is 0 Å². The lowest BCUT2D eigenvalue weighted by atomic mass is 10.3. The summed E-state index contributed by atoms with van der Waals surface area (Å²) in [5, 5.41) is 0. The fourth-order valence-corrected chi connectivity index (χ4v) is 2.55. The lowest BCUT2D eigenvalue weighted by Crippen LogP contribution is -2.13. The van der Waals surface area contributed by atoms with Crippen LogP contribution < -0.4 is 9.47 Å². The van der Waals surface area contributed by atoms with E-state index in [-0.39, 0.29) is 10.6 Å². The van der Waals surface area contributed by atoms with Crippen molar-refractivity contribution in [1.82, 2.24) is 0 Å². The molecular weight excluding hydrogens is 244 g/mol. The molecule has 1 aromatic carbocycles. The second kappa shape index (κ2) is 5.37. The van der Waals surface area contributed by atoms with E-state index in [0.717, 1.165) is 0 Å². The number of rotatable bonds is 5. The summed E-state index contributed by atoms with van der Waals surface area (Å²) in [5.74, 6) is 0.656. The molecule has 1 aromatic rings. The molecule has 0 aromatic heterocycles. The Hall–Kier alpha value is -1.27. The summed E-state index contributed by atoms with van der Waals surface area (Å²) < 4.78 is 38.7. The summed E-state index contributed by atoms with van der Waals surface area (Å²) in [5.41, 5.74) is 0. The van der Waals surface area contributed by atoms with Crippen LogP contribution in [-0.4, -0.2) is 28.7 Å². The van der Waals surface area contributed by atoms with E-state index in [9.17, 15) is 8.42 Å². The highest BCUT2D eigenvalue weighted by Crippen LogP contribution is 2.29. The van der Waals surface area contributed by atoms with Crippen LogP contribution in [0.2, 0.25) is 0 Å². The molecule has 0 fully saturated rings. The van der Waals surface area contributed by atoms with Crippen molar-refractivity contribution < 1.29 is 22.1 Å². The second-order valence-corrected chi connectivity index (χ2v) is 5.16. The summed E-state index contributed by atoms with van der Waals surface area (Å²) in [6, 6.07) is 4.51. The van der Waals surface area contributed by atoms with Crippen LogP contribution in [0.3, 0.4) is 0 Å². The first kappa shape index (κ1) is 13.8. The van der Waals surface area contributed by atoms with Gasteiger partial charge in [-0.3, -0.25) is 4.18 Å². The van der Waals surface area contributed by atoms with Gasteiger partial charge in [-0.05, 0) is 26.0 Å². The number of hydrogen-bond donors (Lipinski definition) is 0. The smallest absolute Gasteiger partial charge is 0.301 e. The van der Waals surface area contributed by atoms with E-state index < -0.39 is 16.2 Å². The van der Waals surface area contributed by atoms with E-state index in [1.54, 1.807) is 19.9 Å². The number of ether oxygens (including phenoxy) is 2. The van der Waals surface area contributed by atoms with E-state index in [1.165, 1.54) is 26.4 Å². The number of methoxy groups -OCH3 is 2. The van der Waals surface area contributed by atoms with E-state index in [0.29, 0.717) is 5.75 Å². The summed E-state index contributed by atoms with van der Waals surface area (Å²) in [6.45, 7) is 3.29. The van der Waals surface area contributed by atoms with E-state index in [2.05, 4.69) is 0 Å². The first-order valence-corrected chi connectivity index (χ1v) is 6.47. The van der Waals surface area contributed by atoms with Crippen LogP contribution >= 0.6 is 0 Å². The zero-order valence-electron chi connectivity index (χ0n) is 10.3. The molecule has 96 valence electrons. The molecule has 0 N–H and O–H groups in total. The van der Waals surface area contributed by atoms with Gasteiger partial charge < -0.3 is 9.47 Å². The van der Waals surface area contributed by atoms with Crippen LogP contribution in [0.15, 0.2) is 23.1 Å². The maximum Gasteiger partial charge on any atom is 0.301 e. The maximum atomic E-state index is 11.9. The molecule has 1 rings (SSSR count). The van der Waals surface area contributed by atoms with Crippen molar-refractivity contribution in [2.75, 3.05) is 14.2 Å². The van der Waals surface area contributed by atoms with Gasteiger partial charge in [0.2, 0.25) is 0 Å². The van der Waals surface area contributed by atoms with Gasteiger partial charge in [-0.15, -0.1) is 0 Å². The van der Waals surface area contributed by atoms with E-state index in [4.69, 9.17) is 13.7 Å². The molecule has 6 heteroatoms. The van der Waals surface area contributed by atoms with Gasteiger partial charge in [0.05, 0.1) is 20.3 Å². The highest BCUT2D eigenvalue weighted by molar-refractivity contribution is 7.86. The van der Waals surface area contributed by atoms with Gasteiger partial charge in [-0.2, -0.15) is 8.42 Å². The molecule has 0 aliphatic carbocycles. The van der Waals surface area contributed by atoms with Crippen molar-refractivity contribution in [1.29, 1.82) is 0 Å². The van der Waals surface area contributed by atoms with Gasteiger partial charge in [-0.25, -0.2) is 0 Å². The summed E-state index contributed by atoms with van der Waals surface area (Å²) in [6.07, 6.45) is -0.434. The van der Waals surface area contributed by atoms with E-state index >= 15 is 0 Å². The quantitative estimate of drug-likeness (QED) is 0.756. The molecule has 17 heavy (non-hydrogen) atoms. The minimum Gasteiger partial charge on any atom is -0.497 e. The molecule has 0 heterocycles. The Bertz CT molecular complexity index is 479. The van der Waals surface area contributed by atoms with Crippen LogP contribution in [-0.2, 0) is 14.3 Å². The van der Waals surface area contributed by atoms with Crippen molar-refractivity contribution in [2.24, 2.45) is 0 Å². The van der Waals surface area contributed by atoms with Crippen molar-refractivity contribution >= 4 is 10.1 Å². The molecule has 0 bridgehead atoms. The molecule has 0 saturated heterocycles. The van der Waals surface area contributed by atoms with Gasteiger partial charge >= 0.3 is 10.1 Å². The molecule has 0 spiro atoms. The Morgan fingerprint density at radius 3 is 2.24 bits per heavy atom. The van der Waals surface area contributed by atoms with Crippen molar-refractivity contribution in [2.45, 2.75) is 24.8 Å². The topological polar surface area (TPSA) is 61.8 Å². The molecule has 5 nitrogen and oxygen atoms in total. The molecule has 0 unspecified atom stereocenters. The average Bonchev–Trinajstić information content (AvgIpc) is 2.26. The lowest BCUT2D eigenvalue weighted by Gasteiger charge is -2.12. The Kier molecular flexibility index (Phi) is 4.36. The van der Waals surface area contributed by atoms with Crippen LogP contribution in [0.25, 0.3) is 0 Å². The predicted molar refractivity (Wildman–Crippen MR) is 63.0 cm³/mol. The second-order valence-electron chi connectivity index (χ2n) is 3.62. The Labute approximate surface area is 101 Å². The lowest BCUT2D eigenvalue weighted by molar-refractivity contribution is 0.247. The van der Waals surface area contributed by atoms with Gasteiger partial charge in [0.1, 0.15) is 16.4 Å². The summed E-state index contributed by atoms with van der Waals surface area (Å²) in [7, 11) is -0.981. The molecule has 0 aliphatic rings. The summed E-state index contributed by atoms with van der Waals surface area (Å²) >= 11 is 0. The standard InChI is InChI=1S/C11H16O5S/c1-8(2)16-17(12,13)11-7-9(14-3)5-6-10(11)15-4/h5-8H,1-4H3. The first-order valence-electron chi connectivity index (χ1n) is 5.06. The third-order valence-electron chi connectivity index (χ3n) is 1.96. The largest absolute Gasteiger partial charge is 0.497 e. The maximum absolute atomic E-state index is 11.9. The van der Waals surface area contributed by atoms with Crippen LogP contribution in [0.4, 0.5) is 0 Å². The summed E-state index contributed by atoms with van der Waals surface area (Å²) in [4.78, 5) is -0.0342. The molecular formula is C11H16O5S. The average molecular weight is 260 g/mol. The fourth-order valence-electron chi connectivity index (χ4n) is 1.28. The SMILES string of the molecule is COc1ccc(OC)c(S(=O)(=O)OC(C)C)c1. The zero-order chi connectivity index (χ0) is 13.1. The highest BCUT2D eigenvalue weighted by Gasteiger charge is 2.22. The normalized spacial score (nSPS) is 11.6.